The molecule has 0 spiro atoms. The summed E-state index contributed by atoms with van der Waals surface area (Å²) < 4.78 is 5.09. The predicted octanol–water partition coefficient (Wildman–Crippen LogP) is 2.61. The molecule has 0 bridgehead atoms. The molecule has 26 heavy (non-hydrogen) atoms. The molecular weight excluding hydrogens is 378 g/mol. The first-order valence-electron chi connectivity index (χ1n) is 7.88. The van der Waals surface area contributed by atoms with E-state index in [1.807, 2.05) is 0 Å². The third-order valence-corrected chi connectivity index (χ3v) is 4.46. The highest BCUT2D eigenvalue weighted by Gasteiger charge is 2.24. The van der Waals surface area contributed by atoms with Crippen molar-refractivity contribution < 1.29 is 24.0 Å². The molecule has 1 aliphatic carbocycles. The lowest BCUT2D eigenvalue weighted by molar-refractivity contribution is -0.201. The minimum absolute atomic E-state index is 0.00564. The van der Waals surface area contributed by atoms with Gasteiger partial charge in [-0.15, -0.1) is 11.3 Å². The van der Waals surface area contributed by atoms with Gasteiger partial charge in [0.25, 0.3) is 5.91 Å². The average molecular weight is 395 g/mol. The molecule has 0 unspecified atom stereocenters. The number of thiazole rings is 1. The topological polar surface area (TPSA) is 102 Å². The quantitative estimate of drug-likeness (QED) is 0.210. The minimum Gasteiger partial charge on any atom is -0.393 e. The van der Waals surface area contributed by atoms with E-state index >= 15 is 0 Å². The second-order valence-electron chi connectivity index (χ2n) is 5.26. The summed E-state index contributed by atoms with van der Waals surface area (Å²) in [5.74, 6) is -0.452. The fourth-order valence-electron chi connectivity index (χ4n) is 1.76. The Morgan fingerprint density at radius 2 is 2.19 bits per heavy atom. The molecule has 1 amide bonds. The van der Waals surface area contributed by atoms with Crippen molar-refractivity contribution in [3.05, 3.63) is 41.4 Å². The van der Waals surface area contributed by atoms with E-state index in [0.717, 1.165) is 29.8 Å². The second-order valence-corrected chi connectivity index (χ2v) is 6.93. The molecule has 0 aliphatic heterocycles. The number of nitrogens with zero attached hydrogens (tertiary/aromatic N) is 2. The molecule has 1 heterocycles. The van der Waals surface area contributed by atoms with Crippen LogP contribution in [0.3, 0.4) is 0 Å². The minimum atomic E-state index is -0.452. The molecule has 1 aliphatic rings. The maximum absolute atomic E-state index is 12.5. The predicted molar refractivity (Wildman–Crippen MR) is 97.8 cm³/mol. The molecule has 3 rings (SSSR count). The smallest absolute Gasteiger partial charge is 0.280 e. The molecule has 0 saturated heterocycles. The summed E-state index contributed by atoms with van der Waals surface area (Å²) in [5.41, 5.74) is 0.643. The summed E-state index contributed by atoms with van der Waals surface area (Å²) in [6.07, 6.45) is 3.86. The number of rotatable bonds is 10. The fourth-order valence-corrected chi connectivity index (χ4v) is 2.76. The van der Waals surface area contributed by atoms with Crippen LogP contribution in [-0.4, -0.2) is 41.0 Å². The standard InChI is InChI=1S/C16H17N3O5S2/c20-8-9-22-19-14(15(21)18-16-17-7-10-25-16)11-1-5-13(6-2-11)26-24-23-12-3-4-12/h1-2,5-7,10,12,20H,3-4,8-9H2,(H,17,18,21)/b19-14+. The zero-order valence-corrected chi connectivity index (χ0v) is 15.3. The van der Waals surface area contributed by atoms with Crippen LogP contribution in [0, 0.1) is 0 Å². The number of oxime groups is 1. The Kier molecular flexibility index (Phi) is 6.97. The first-order valence-corrected chi connectivity index (χ1v) is 9.50. The maximum Gasteiger partial charge on any atom is 0.280 e. The fraction of sp³-hybridized carbons (Fsp3) is 0.312. The molecular formula is C16H17N3O5S2. The lowest BCUT2D eigenvalue weighted by atomic mass is 10.1. The van der Waals surface area contributed by atoms with Crippen LogP contribution in [0.5, 0.6) is 0 Å². The summed E-state index contributed by atoms with van der Waals surface area (Å²) >= 11 is 2.41. The first-order chi connectivity index (χ1) is 12.8. The normalized spacial score (nSPS) is 14.3. The third-order valence-electron chi connectivity index (χ3n) is 3.16. The molecule has 0 atom stereocenters. The van der Waals surface area contributed by atoms with Crippen LogP contribution in [-0.2, 0) is 18.9 Å². The Bertz CT molecular complexity index is 733. The van der Waals surface area contributed by atoms with Crippen molar-refractivity contribution in [2.24, 2.45) is 5.16 Å². The van der Waals surface area contributed by atoms with Crippen LogP contribution in [0.1, 0.15) is 18.4 Å². The van der Waals surface area contributed by atoms with Crippen molar-refractivity contribution >= 4 is 40.1 Å². The molecule has 8 nitrogen and oxygen atoms in total. The Morgan fingerprint density at radius 3 is 2.85 bits per heavy atom. The molecule has 1 fully saturated rings. The highest BCUT2D eigenvalue weighted by Crippen LogP contribution is 2.28. The van der Waals surface area contributed by atoms with E-state index in [9.17, 15) is 4.79 Å². The number of aliphatic hydroxyl groups excluding tert-OH is 1. The number of benzene rings is 1. The van der Waals surface area contributed by atoms with Crippen molar-refractivity contribution in [1.82, 2.24) is 4.98 Å². The summed E-state index contributed by atoms with van der Waals surface area (Å²) in [4.78, 5) is 27.4. The number of nitrogens with one attached hydrogen (secondary N) is 1. The van der Waals surface area contributed by atoms with Gasteiger partial charge in [-0.3, -0.25) is 10.1 Å². The molecule has 0 radical (unpaired) electrons. The van der Waals surface area contributed by atoms with Crippen molar-refractivity contribution in [2.45, 2.75) is 23.8 Å². The zero-order valence-electron chi connectivity index (χ0n) is 13.7. The Labute approximate surface area is 158 Å². The maximum atomic E-state index is 12.5. The van der Waals surface area contributed by atoms with E-state index in [1.54, 1.807) is 35.8 Å². The largest absolute Gasteiger partial charge is 0.393 e. The van der Waals surface area contributed by atoms with Gasteiger partial charge in [0.2, 0.25) is 0 Å². The number of hydrogen-bond donors (Lipinski definition) is 2. The van der Waals surface area contributed by atoms with Gasteiger partial charge >= 0.3 is 0 Å². The molecule has 1 saturated carbocycles. The van der Waals surface area contributed by atoms with Crippen LogP contribution in [0.15, 0.2) is 45.9 Å². The Morgan fingerprint density at radius 1 is 1.38 bits per heavy atom. The third kappa shape index (κ3) is 5.78. The van der Waals surface area contributed by atoms with E-state index in [-0.39, 0.29) is 25.0 Å². The van der Waals surface area contributed by atoms with E-state index in [1.165, 1.54) is 11.3 Å². The van der Waals surface area contributed by atoms with Crippen LogP contribution < -0.4 is 5.32 Å². The van der Waals surface area contributed by atoms with Gasteiger partial charge in [0.15, 0.2) is 10.8 Å². The van der Waals surface area contributed by atoms with Crippen LogP contribution in [0.25, 0.3) is 0 Å². The van der Waals surface area contributed by atoms with Crippen molar-refractivity contribution in [3.63, 3.8) is 0 Å². The SMILES string of the molecule is O=C(Nc1nccs1)/C(=N/OCCO)c1ccc(SOOC2CC2)cc1. The van der Waals surface area contributed by atoms with Crippen LogP contribution in [0.4, 0.5) is 5.13 Å². The van der Waals surface area contributed by atoms with Crippen molar-refractivity contribution in [3.8, 4) is 0 Å². The van der Waals surface area contributed by atoms with Crippen LogP contribution >= 0.6 is 23.4 Å². The Hall–Kier alpha value is -1.98. The summed E-state index contributed by atoms with van der Waals surface area (Å²) in [6, 6.07) is 7.03. The number of anilines is 1. The van der Waals surface area contributed by atoms with Gasteiger partial charge in [0.1, 0.15) is 6.61 Å². The van der Waals surface area contributed by atoms with E-state index in [2.05, 4.69) is 15.5 Å². The van der Waals surface area contributed by atoms with Gasteiger partial charge in [-0.25, -0.2) is 9.87 Å². The van der Waals surface area contributed by atoms with Gasteiger partial charge in [0.05, 0.1) is 24.8 Å². The molecule has 2 aromatic rings. The zero-order chi connectivity index (χ0) is 18.2. The van der Waals surface area contributed by atoms with Gasteiger partial charge in [0, 0.05) is 22.0 Å². The number of hydrogen-bond acceptors (Lipinski definition) is 9. The van der Waals surface area contributed by atoms with Gasteiger partial charge in [-0.05, 0) is 25.0 Å². The van der Waals surface area contributed by atoms with Gasteiger partial charge in [-0.2, -0.15) is 4.33 Å². The van der Waals surface area contributed by atoms with Gasteiger partial charge < -0.3 is 9.94 Å². The van der Waals surface area contributed by atoms with Crippen molar-refractivity contribution in [1.29, 1.82) is 0 Å². The lowest BCUT2D eigenvalue weighted by Crippen LogP contribution is -2.24. The lowest BCUT2D eigenvalue weighted by Gasteiger charge is -2.07. The number of carbonyl (C=O) groups excluding carboxylic acids is 1. The van der Waals surface area contributed by atoms with E-state index < -0.39 is 5.91 Å². The van der Waals surface area contributed by atoms with Crippen LogP contribution in [0.2, 0.25) is 0 Å². The second kappa shape index (κ2) is 9.64. The molecule has 1 aromatic heterocycles. The Balaban J connectivity index is 1.66. The number of aliphatic hydroxyl groups is 1. The molecule has 138 valence electrons. The summed E-state index contributed by atoms with van der Waals surface area (Å²) in [7, 11) is 0. The first kappa shape index (κ1) is 18.8. The molecule has 1 aromatic carbocycles. The number of aromatic nitrogens is 1. The van der Waals surface area contributed by atoms with E-state index in [0.29, 0.717) is 10.7 Å². The monoisotopic (exact) mass is 395 g/mol. The number of carbonyl (C=O) groups is 1. The molecule has 10 heteroatoms. The average Bonchev–Trinajstić information content (AvgIpc) is 3.34. The van der Waals surface area contributed by atoms with E-state index in [4.69, 9.17) is 19.2 Å². The number of amides is 1. The summed E-state index contributed by atoms with van der Waals surface area (Å²) in [5, 5.41) is 17.5. The van der Waals surface area contributed by atoms with Crippen molar-refractivity contribution in [2.75, 3.05) is 18.5 Å². The highest BCUT2D eigenvalue weighted by atomic mass is 32.2. The highest BCUT2D eigenvalue weighted by molar-refractivity contribution is 7.94. The summed E-state index contributed by atoms with van der Waals surface area (Å²) in [6.45, 7) is -0.201. The van der Waals surface area contributed by atoms with Gasteiger partial charge in [-0.1, -0.05) is 17.3 Å². The molecule has 2 N–H and O–H groups in total.